The van der Waals surface area contributed by atoms with Crippen molar-refractivity contribution in [1.82, 2.24) is 0 Å². The Morgan fingerprint density at radius 2 is 1.76 bits per heavy atom. The molecule has 1 aromatic carbocycles. The molecule has 2 nitrogen and oxygen atoms in total. The molecular formula is C22H31NOS. The third-order valence-electron chi connectivity index (χ3n) is 6.68. The van der Waals surface area contributed by atoms with Crippen LogP contribution < -0.4 is 5.32 Å². The van der Waals surface area contributed by atoms with Crippen molar-refractivity contribution in [3.63, 3.8) is 0 Å². The highest BCUT2D eigenvalue weighted by atomic mass is 32.2. The maximum atomic E-state index is 12.7. The van der Waals surface area contributed by atoms with Crippen LogP contribution in [0.3, 0.4) is 0 Å². The number of benzene rings is 1. The van der Waals surface area contributed by atoms with E-state index in [1.165, 1.54) is 49.7 Å². The monoisotopic (exact) mass is 357 g/mol. The number of hydrogen-bond acceptors (Lipinski definition) is 2. The molecule has 0 aliphatic heterocycles. The Bertz CT molecular complexity index is 631. The number of amides is 1. The molecule has 136 valence electrons. The molecule has 0 atom stereocenters. The lowest BCUT2D eigenvalue weighted by Crippen LogP contribution is -2.49. The molecule has 3 heteroatoms. The third kappa shape index (κ3) is 3.49. The van der Waals surface area contributed by atoms with Gasteiger partial charge < -0.3 is 5.32 Å². The van der Waals surface area contributed by atoms with Crippen LogP contribution in [-0.2, 0) is 4.79 Å². The van der Waals surface area contributed by atoms with Crippen molar-refractivity contribution in [2.24, 2.45) is 17.8 Å². The summed E-state index contributed by atoms with van der Waals surface area (Å²) in [6, 6.07) is 6.32. The van der Waals surface area contributed by atoms with E-state index in [0.29, 0.717) is 16.4 Å². The molecule has 4 aliphatic rings. The number of nitrogens with one attached hydrogen (secondary N) is 1. The van der Waals surface area contributed by atoms with Gasteiger partial charge in [-0.15, -0.1) is 11.8 Å². The van der Waals surface area contributed by atoms with E-state index in [2.05, 4.69) is 44.3 Å². The second kappa shape index (κ2) is 6.64. The van der Waals surface area contributed by atoms with Crippen molar-refractivity contribution < 1.29 is 4.79 Å². The molecule has 0 saturated heterocycles. The molecule has 4 saturated carbocycles. The summed E-state index contributed by atoms with van der Waals surface area (Å²) >= 11 is 1.97. The lowest BCUT2D eigenvalue weighted by atomic mass is 9.56. The quantitative estimate of drug-likeness (QED) is 0.726. The van der Waals surface area contributed by atoms with E-state index in [-0.39, 0.29) is 5.91 Å². The van der Waals surface area contributed by atoms with E-state index in [1.54, 1.807) is 0 Å². The molecule has 0 radical (unpaired) electrons. The van der Waals surface area contributed by atoms with Crippen molar-refractivity contribution in [1.29, 1.82) is 0 Å². The van der Waals surface area contributed by atoms with Gasteiger partial charge in [0.2, 0.25) is 5.91 Å². The van der Waals surface area contributed by atoms with Crippen LogP contribution in [0.5, 0.6) is 0 Å². The molecule has 0 spiro atoms. The minimum Gasteiger partial charge on any atom is -0.325 e. The van der Waals surface area contributed by atoms with Crippen LogP contribution in [-0.4, -0.2) is 16.4 Å². The first-order chi connectivity index (χ1) is 11.9. The van der Waals surface area contributed by atoms with Crippen LogP contribution in [0.15, 0.2) is 18.2 Å². The van der Waals surface area contributed by atoms with Crippen LogP contribution in [0.25, 0.3) is 0 Å². The Morgan fingerprint density at radius 3 is 2.32 bits per heavy atom. The van der Waals surface area contributed by atoms with Crippen LogP contribution in [0.1, 0.15) is 69.4 Å². The van der Waals surface area contributed by atoms with Gasteiger partial charge in [-0.1, -0.05) is 32.0 Å². The molecule has 4 fully saturated rings. The summed E-state index contributed by atoms with van der Waals surface area (Å²) in [6.07, 6.45) is 8.47. The number of para-hydroxylation sites is 1. The average Bonchev–Trinajstić information content (AvgIpc) is 2.53. The molecule has 5 rings (SSSR count). The number of carbonyl (C=O) groups excluding carboxylic acids is 1. The van der Waals surface area contributed by atoms with Crippen molar-refractivity contribution in [2.45, 2.75) is 70.0 Å². The fraction of sp³-hybridized carbons (Fsp3) is 0.682. The topological polar surface area (TPSA) is 29.1 Å². The highest BCUT2D eigenvalue weighted by Gasteiger charge is 2.51. The number of carbonyl (C=O) groups is 1. The van der Waals surface area contributed by atoms with Crippen molar-refractivity contribution in [3.05, 3.63) is 29.3 Å². The van der Waals surface area contributed by atoms with Gasteiger partial charge in [0.15, 0.2) is 0 Å². The maximum Gasteiger partial charge on any atom is 0.234 e. The largest absolute Gasteiger partial charge is 0.325 e. The lowest BCUT2D eigenvalue weighted by molar-refractivity contribution is -0.113. The summed E-state index contributed by atoms with van der Waals surface area (Å²) in [6.45, 7) is 6.47. The van der Waals surface area contributed by atoms with Gasteiger partial charge in [-0.05, 0) is 80.2 Å². The fourth-order valence-corrected chi connectivity index (χ4v) is 7.51. The Balaban J connectivity index is 1.41. The highest BCUT2D eigenvalue weighted by molar-refractivity contribution is 8.01. The normalized spacial score (nSPS) is 33.0. The van der Waals surface area contributed by atoms with Gasteiger partial charge in [0.25, 0.3) is 0 Å². The minimum absolute atomic E-state index is 0.178. The zero-order chi connectivity index (χ0) is 17.6. The lowest BCUT2D eigenvalue weighted by Gasteiger charge is -2.56. The summed E-state index contributed by atoms with van der Waals surface area (Å²) in [5.41, 5.74) is 3.45. The predicted molar refractivity (Wildman–Crippen MR) is 107 cm³/mol. The highest BCUT2D eigenvalue weighted by Crippen LogP contribution is 2.60. The number of anilines is 1. The van der Waals surface area contributed by atoms with E-state index in [0.717, 1.165) is 23.4 Å². The second-order valence-corrected chi connectivity index (χ2v) is 10.6. The molecule has 4 bridgehead atoms. The van der Waals surface area contributed by atoms with Gasteiger partial charge in [-0.3, -0.25) is 4.79 Å². The molecule has 1 N–H and O–H groups in total. The molecular weight excluding hydrogens is 326 g/mol. The van der Waals surface area contributed by atoms with Gasteiger partial charge in [0.1, 0.15) is 0 Å². The van der Waals surface area contributed by atoms with Gasteiger partial charge in [-0.25, -0.2) is 0 Å². The van der Waals surface area contributed by atoms with E-state index in [9.17, 15) is 4.79 Å². The number of aryl methyl sites for hydroxylation is 1. The van der Waals surface area contributed by atoms with E-state index < -0.39 is 0 Å². The average molecular weight is 358 g/mol. The first kappa shape index (κ1) is 17.5. The van der Waals surface area contributed by atoms with Crippen molar-refractivity contribution in [3.8, 4) is 0 Å². The molecule has 1 aromatic rings. The SMILES string of the molecule is Cc1cccc(C(C)C)c1NC(=O)CSC12CC3CC(CC(C3)C1)C2. The van der Waals surface area contributed by atoms with Crippen LogP contribution >= 0.6 is 11.8 Å². The first-order valence-electron chi connectivity index (χ1n) is 9.97. The van der Waals surface area contributed by atoms with E-state index in [4.69, 9.17) is 0 Å². The van der Waals surface area contributed by atoms with Crippen LogP contribution in [0, 0.1) is 24.7 Å². The van der Waals surface area contributed by atoms with Gasteiger partial charge in [0, 0.05) is 10.4 Å². The summed E-state index contributed by atoms with van der Waals surface area (Å²) < 4.78 is 0.415. The van der Waals surface area contributed by atoms with E-state index in [1.807, 2.05) is 11.8 Å². The first-order valence-corrected chi connectivity index (χ1v) is 11.0. The summed E-state index contributed by atoms with van der Waals surface area (Å²) in [4.78, 5) is 12.7. The smallest absolute Gasteiger partial charge is 0.234 e. The molecule has 0 heterocycles. The van der Waals surface area contributed by atoms with Gasteiger partial charge in [0.05, 0.1) is 5.75 Å². The Labute approximate surface area is 156 Å². The zero-order valence-corrected chi connectivity index (χ0v) is 16.6. The number of hydrogen-bond donors (Lipinski definition) is 1. The Kier molecular flexibility index (Phi) is 4.64. The van der Waals surface area contributed by atoms with Gasteiger partial charge in [-0.2, -0.15) is 0 Å². The van der Waals surface area contributed by atoms with Gasteiger partial charge >= 0.3 is 0 Å². The zero-order valence-electron chi connectivity index (χ0n) is 15.8. The minimum atomic E-state index is 0.178. The number of rotatable bonds is 5. The second-order valence-electron chi connectivity index (χ2n) is 9.13. The number of thioether (sulfide) groups is 1. The summed E-state index contributed by atoms with van der Waals surface area (Å²) in [5, 5.41) is 3.23. The third-order valence-corrected chi connectivity index (χ3v) is 8.20. The summed E-state index contributed by atoms with van der Waals surface area (Å²) in [5.74, 6) is 4.06. The molecule has 0 unspecified atom stereocenters. The Hall–Kier alpha value is -0.960. The Morgan fingerprint density at radius 1 is 1.16 bits per heavy atom. The molecule has 1 amide bonds. The van der Waals surface area contributed by atoms with Crippen LogP contribution in [0.2, 0.25) is 0 Å². The van der Waals surface area contributed by atoms with Crippen molar-refractivity contribution >= 4 is 23.4 Å². The molecule has 0 aromatic heterocycles. The van der Waals surface area contributed by atoms with Crippen molar-refractivity contribution in [2.75, 3.05) is 11.1 Å². The van der Waals surface area contributed by atoms with E-state index >= 15 is 0 Å². The fourth-order valence-electron chi connectivity index (χ4n) is 5.94. The summed E-state index contributed by atoms with van der Waals surface area (Å²) in [7, 11) is 0. The van der Waals surface area contributed by atoms with Crippen LogP contribution in [0.4, 0.5) is 5.69 Å². The standard InChI is InChI=1S/C22H31NOS/c1-14(2)19-6-4-5-15(3)21(19)23-20(24)13-25-22-10-16-7-17(11-22)9-18(8-16)12-22/h4-6,14,16-18H,7-13H2,1-3H3,(H,23,24). The molecule has 4 aliphatic carbocycles. The predicted octanol–water partition coefficient (Wildman–Crippen LogP) is 5.76. The molecule has 25 heavy (non-hydrogen) atoms. The maximum absolute atomic E-state index is 12.7.